The number of carbonyl (C=O) groups excluding carboxylic acids is 1. The second-order valence-corrected chi connectivity index (χ2v) is 12.0. The zero-order valence-corrected chi connectivity index (χ0v) is 21.4. The number of hydrogen-bond donors (Lipinski definition) is 1. The summed E-state index contributed by atoms with van der Waals surface area (Å²) in [4.78, 5) is 12.4. The van der Waals surface area contributed by atoms with Crippen molar-refractivity contribution >= 4 is 55.2 Å². The van der Waals surface area contributed by atoms with Crippen molar-refractivity contribution in [3.63, 3.8) is 0 Å². The van der Waals surface area contributed by atoms with E-state index in [1.54, 1.807) is 24.3 Å². The van der Waals surface area contributed by atoms with Gasteiger partial charge < -0.3 is 5.32 Å². The predicted molar refractivity (Wildman–Crippen MR) is 132 cm³/mol. The van der Waals surface area contributed by atoms with Crippen LogP contribution in [0.4, 0.5) is 4.39 Å². The molecule has 2 aromatic rings. The van der Waals surface area contributed by atoms with Crippen LogP contribution in [0.5, 0.6) is 0 Å². The summed E-state index contributed by atoms with van der Waals surface area (Å²) in [7, 11) is -3.41. The first-order chi connectivity index (χ1) is 15.3. The minimum absolute atomic E-state index is 0.0413. The number of nitrogens with zero attached hydrogens (tertiary/aromatic N) is 1. The lowest BCUT2D eigenvalue weighted by atomic mass is 9.97. The standard InChI is InChI=1S/C22H25BrClFN2O3S2/c23-18-6-4-16(5-7-18)15-32(29,30)27-11-8-17(9-12-27)22(28)26-10-13-31-14-19-20(24)2-1-3-21(19)25/h1-7,17H,8-15H2,(H,26,28). The summed E-state index contributed by atoms with van der Waals surface area (Å²) in [6.45, 7) is 1.16. The Hall–Kier alpha value is -1.13. The van der Waals surface area contributed by atoms with Gasteiger partial charge in [-0.15, -0.1) is 0 Å². The Bertz CT molecular complexity index is 1010. The smallest absolute Gasteiger partial charge is 0.223 e. The van der Waals surface area contributed by atoms with Gasteiger partial charge in [-0.3, -0.25) is 4.79 Å². The molecule has 1 aliphatic heterocycles. The largest absolute Gasteiger partial charge is 0.355 e. The van der Waals surface area contributed by atoms with Gasteiger partial charge in [0.2, 0.25) is 15.9 Å². The predicted octanol–water partition coefficient (Wildman–Crippen LogP) is 4.83. The van der Waals surface area contributed by atoms with E-state index >= 15 is 0 Å². The molecule has 0 aromatic heterocycles. The van der Waals surface area contributed by atoms with Gasteiger partial charge in [0.1, 0.15) is 5.82 Å². The highest BCUT2D eigenvalue weighted by Gasteiger charge is 2.31. The van der Waals surface area contributed by atoms with Crippen molar-refractivity contribution in [3.8, 4) is 0 Å². The summed E-state index contributed by atoms with van der Waals surface area (Å²) in [5, 5.41) is 3.31. The number of piperidine rings is 1. The normalized spacial score (nSPS) is 15.6. The molecule has 174 valence electrons. The molecule has 0 saturated carbocycles. The minimum atomic E-state index is -3.41. The van der Waals surface area contributed by atoms with E-state index in [4.69, 9.17) is 11.6 Å². The van der Waals surface area contributed by atoms with Crippen molar-refractivity contribution in [2.75, 3.05) is 25.4 Å². The second kappa shape index (κ2) is 11.8. The fourth-order valence-electron chi connectivity index (χ4n) is 3.51. The number of carbonyl (C=O) groups is 1. The van der Waals surface area contributed by atoms with E-state index in [0.29, 0.717) is 54.6 Å². The molecule has 1 aliphatic rings. The van der Waals surface area contributed by atoms with Gasteiger partial charge in [0.25, 0.3) is 0 Å². The van der Waals surface area contributed by atoms with Gasteiger partial charge in [-0.2, -0.15) is 11.8 Å². The first kappa shape index (κ1) is 25.5. The van der Waals surface area contributed by atoms with Gasteiger partial charge in [-0.05, 0) is 42.7 Å². The topological polar surface area (TPSA) is 66.5 Å². The van der Waals surface area contributed by atoms with Crippen LogP contribution < -0.4 is 5.32 Å². The van der Waals surface area contributed by atoms with Crippen molar-refractivity contribution in [1.29, 1.82) is 0 Å². The number of nitrogens with one attached hydrogen (secondary N) is 1. The fourth-order valence-corrected chi connectivity index (χ4v) is 6.54. The van der Waals surface area contributed by atoms with Crippen molar-refractivity contribution in [1.82, 2.24) is 9.62 Å². The van der Waals surface area contributed by atoms with Crippen LogP contribution >= 0.6 is 39.3 Å². The summed E-state index contributed by atoms with van der Waals surface area (Å²) < 4.78 is 41.5. The summed E-state index contributed by atoms with van der Waals surface area (Å²) in [5.41, 5.74) is 1.21. The minimum Gasteiger partial charge on any atom is -0.355 e. The Kier molecular flexibility index (Phi) is 9.43. The van der Waals surface area contributed by atoms with Crippen molar-refractivity contribution < 1.29 is 17.6 Å². The summed E-state index contributed by atoms with van der Waals surface area (Å²) in [5.74, 6) is 0.461. The molecule has 1 fully saturated rings. The molecule has 10 heteroatoms. The molecule has 0 radical (unpaired) electrons. The van der Waals surface area contributed by atoms with Crippen LogP contribution in [0.2, 0.25) is 5.02 Å². The SMILES string of the molecule is O=C(NCCSCc1c(F)cccc1Cl)C1CCN(S(=O)(=O)Cc2ccc(Br)cc2)CC1. The van der Waals surface area contributed by atoms with E-state index in [2.05, 4.69) is 21.2 Å². The lowest BCUT2D eigenvalue weighted by Crippen LogP contribution is -2.43. The Morgan fingerprint density at radius 1 is 1.19 bits per heavy atom. The third kappa shape index (κ3) is 7.18. The molecule has 0 atom stereocenters. The molecule has 0 aliphatic carbocycles. The van der Waals surface area contributed by atoms with Gasteiger partial charge in [0.15, 0.2) is 0 Å². The number of rotatable bonds is 9. The summed E-state index contributed by atoms with van der Waals surface area (Å²) in [6, 6.07) is 11.8. The Morgan fingerprint density at radius 2 is 1.88 bits per heavy atom. The first-order valence-corrected chi connectivity index (χ1v) is 14.2. The second-order valence-electron chi connectivity index (χ2n) is 7.60. The van der Waals surface area contributed by atoms with E-state index in [0.717, 1.165) is 10.0 Å². The molecule has 0 bridgehead atoms. The summed E-state index contributed by atoms with van der Waals surface area (Å²) >= 11 is 10.9. The van der Waals surface area contributed by atoms with Gasteiger partial charge in [-0.25, -0.2) is 17.1 Å². The van der Waals surface area contributed by atoms with Crippen molar-refractivity contribution in [2.24, 2.45) is 5.92 Å². The molecule has 32 heavy (non-hydrogen) atoms. The maximum Gasteiger partial charge on any atom is 0.223 e. The maximum atomic E-state index is 13.8. The number of amides is 1. The van der Waals surface area contributed by atoms with Crippen LogP contribution in [0.1, 0.15) is 24.0 Å². The van der Waals surface area contributed by atoms with Crippen molar-refractivity contribution in [2.45, 2.75) is 24.3 Å². The van der Waals surface area contributed by atoms with Crippen LogP contribution in [-0.4, -0.2) is 44.0 Å². The molecule has 1 saturated heterocycles. The van der Waals surface area contributed by atoms with Crippen LogP contribution in [0.25, 0.3) is 0 Å². The highest BCUT2D eigenvalue weighted by atomic mass is 79.9. The van der Waals surface area contributed by atoms with E-state index in [1.807, 2.05) is 12.1 Å². The highest BCUT2D eigenvalue weighted by molar-refractivity contribution is 9.10. The first-order valence-electron chi connectivity index (χ1n) is 10.3. The van der Waals surface area contributed by atoms with E-state index in [-0.39, 0.29) is 23.4 Å². The Morgan fingerprint density at radius 3 is 2.53 bits per heavy atom. The van der Waals surface area contributed by atoms with E-state index < -0.39 is 10.0 Å². The van der Waals surface area contributed by atoms with Gasteiger partial charge in [0, 0.05) is 52.1 Å². The van der Waals surface area contributed by atoms with E-state index in [9.17, 15) is 17.6 Å². The molecule has 3 rings (SSSR count). The van der Waals surface area contributed by atoms with E-state index in [1.165, 1.54) is 22.1 Å². The van der Waals surface area contributed by atoms with Crippen LogP contribution in [0.3, 0.4) is 0 Å². The number of hydrogen-bond acceptors (Lipinski definition) is 4. The fraction of sp³-hybridized carbons (Fsp3) is 0.409. The number of halogens is 3. The molecule has 1 amide bonds. The van der Waals surface area contributed by atoms with Crippen LogP contribution in [-0.2, 0) is 26.3 Å². The van der Waals surface area contributed by atoms with Crippen LogP contribution in [0, 0.1) is 11.7 Å². The Balaban J connectivity index is 1.38. The average Bonchev–Trinajstić information content (AvgIpc) is 2.77. The molecule has 2 aromatic carbocycles. The average molecular weight is 564 g/mol. The molecule has 1 heterocycles. The lowest BCUT2D eigenvalue weighted by Gasteiger charge is -2.30. The zero-order valence-electron chi connectivity index (χ0n) is 17.4. The van der Waals surface area contributed by atoms with Gasteiger partial charge in [0.05, 0.1) is 5.75 Å². The zero-order chi connectivity index (χ0) is 23.1. The quantitative estimate of drug-likeness (QED) is 0.444. The van der Waals surface area contributed by atoms with Crippen LogP contribution in [0.15, 0.2) is 46.9 Å². The Labute approximate surface area is 206 Å². The third-order valence-corrected chi connectivity index (χ3v) is 9.05. The molecule has 5 nitrogen and oxygen atoms in total. The maximum absolute atomic E-state index is 13.8. The molecular weight excluding hydrogens is 539 g/mol. The lowest BCUT2D eigenvalue weighted by molar-refractivity contribution is -0.125. The molecule has 0 unspecified atom stereocenters. The molecule has 0 spiro atoms. The number of benzene rings is 2. The molecule has 1 N–H and O–H groups in total. The monoisotopic (exact) mass is 562 g/mol. The van der Waals surface area contributed by atoms with Gasteiger partial charge in [-0.1, -0.05) is 45.7 Å². The molecular formula is C22H25BrClFN2O3S2. The number of thioether (sulfide) groups is 1. The van der Waals surface area contributed by atoms with Gasteiger partial charge >= 0.3 is 0 Å². The van der Waals surface area contributed by atoms with Crippen molar-refractivity contribution in [3.05, 3.63) is 68.9 Å². The summed E-state index contributed by atoms with van der Waals surface area (Å²) in [6.07, 6.45) is 1.01. The third-order valence-electron chi connectivity index (χ3n) is 5.33. The number of sulfonamides is 1. The highest BCUT2D eigenvalue weighted by Crippen LogP contribution is 2.24.